The van der Waals surface area contributed by atoms with Crippen molar-refractivity contribution < 1.29 is 23.5 Å². The van der Waals surface area contributed by atoms with E-state index in [9.17, 15) is 14.0 Å². The molecule has 1 aromatic heterocycles. The van der Waals surface area contributed by atoms with Crippen LogP contribution in [-0.4, -0.2) is 53.7 Å². The zero-order valence-electron chi connectivity index (χ0n) is 15.4. The Morgan fingerprint density at radius 3 is 2.52 bits per heavy atom. The third kappa shape index (κ3) is 4.70. The van der Waals surface area contributed by atoms with Crippen molar-refractivity contribution >= 4 is 23.2 Å². The number of esters is 1. The summed E-state index contributed by atoms with van der Waals surface area (Å²) in [4.78, 5) is 31.0. The van der Waals surface area contributed by atoms with Gasteiger partial charge in [-0.05, 0) is 45.0 Å². The molecule has 1 amide bonds. The molecule has 1 saturated heterocycles. The summed E-state index contributed by atoms with van der Waals surface area (Å²) < 4.78 is 23.9. The first-order chi connectivity index (χ1) is 12.8. The van der Waals surface area contributed by atoms with Crippen LogP contribution in [0.5, 0.6) is 0 Å². The van der Waals surface area contributed by atoms with Gasteiger partial charge < -0.3 is 14.4 Å². The predicted octanol–water partition coefficient (Wildman–Crippen LogP) is 3.05. The Balaban J connectivity index is 1.63. The highest BCUT2D eigenvalue weighted by molar-refractivity contribution is 7.17. The molecule has 0 radical (unpaired) electrons. The van der Waals surface area contributed by atoms with E-state index in [1.807, 2.05) is 13.8 Å². The lowest BCUT2D eigenvalue weighted by molar-refractivity contribution is -0.146. The van der Waals surface area contributed by atoms with Crippen LogP contribution in [0.3, 0.4) is 0 Å². The average Bonchev–Trinajstić information content (AvgIpc) is 3.01. The van der Waals surface area contributed by atoms with Gasteiger partial charge >= 0.3 is 5.97 Å². The van der Waals surface area contributed by atoms with Crippen molar-refractivity contribution in [3.8, 4) is 10.6 Å². The quantitative estimate of drug-likeness (QED) is 0.748. The standard InChI is InChI=1S/C19H21FN2O4S/c1-11-8-22(9-12(2)26-11)16(23)10-25-19(24)17-13(3)21-18(27-17)14-4-6-15(20)7-5-14/h4-7,11-12H,8-10H2,1-3H3/t11-,12-/m1/s1. The van der Waals surface area contributed by atoms with Crippen molar-refractivity contribution in [1.29, 1.82) is 0 Å². The van der Waals surface area contributed by atoms with Crippen LogP contribution < -0.4 is 0 Å². The minimum absolute atomic E-state index is 0.0459. The van der Waals surface area contributed by atoms with Crippen LogP contribution >= 0.6 is 11.3 Å². The number of ether oxygens (including phenoxy) is 2. The molecule has 1 aliphatic heterocycles. The normalized spacial score (nSPS) is 19.8. The van der Waals surface area contributed by atoms with Crippen LogP contribution in [0.2, 0.25) is 0 Å². The smallest absolute Gasteiger partial charge is 0.350 e. The summed E-state index contributed by atoms with van der Waals surface area (Å²) in [7, 11) is 0. The van der Waals surface area contributed by atoms with E-state index in [4.69, 9.17) is 9.47 Å². The molecule has 2 atom stereocenters. The number of aryl methyl sites for hydroxylation is 1. The Hall–Kier alpha value is -2.32. The number of benzene rings is 1. The molecule has 1 aliphatic rings. The molecule has 27 heavy (non-hydrogen) atoms. The van der Waals surface area contributed by atoms with Gasteiger partial charge in [0.1, 0.15) is 15.7 Å². The van der Waals surface area contributed by atoms with Crippen LogP contribution in [0.15, 0.2) is 24.3 Å². The lowest BCUT2D eigenvalue weighted by Crippen LogP contribution is -2.49. The number of carbonyl (C=O) groups excluding carboxylic acids is 2. The highest BCUT2D eigenvalue weighted by Crippen LogP contribution is 2.28. The van der Waals surface area contributed by atoms with Crippen molar-refractivity contribution in [2.75, 3.05) is 19.7 Å². The maximum atomic E-state index is 13.1. The largest absolute Gasteiger partial charge is 0.451 e. The van der Waals surface area contributed by atoms with Gasteiger partial charge in [-0.15, -0.1) is 11.3 Å². The fourth-order valence-corrected chi connectivity index (χ4v) is 3.93. The predicted molar refractivity (Wildman–Crippen MR) is 99.1 cm³/mol. The molecular weight excluding hydrogens is 371 g/mol. The zero-order chi connectivity index (χ0) is 19.6. The number of halogens is 1. The van der Waals surface area contributed by atoms with Gasteiger partial charge in [0.2, 0.25) is 0 Å². The molecule has 1 fully saturated rings. The number of rotatable bonds is 4. The molecule has 6 nitrogen and oxygen atoms in total. The van der Waals surface area contributed by atoms with Crippen LogP contribution in [0, 0.1) is 12.7 Å². The Morgan fingerprint density at radius 1 is 1.26 bits per heavy atom. The first-order valence-electron chi connectivity index (χ1n) is 8.67. The molecule has 2 heterocycles. The number of hydrogen-bond acceptors (Lipinski definition) is 6. The van der Waals surface area contributed by atoms with Crippen molar-refractivity contribution in [2.24, 2.45) is 0 Å². The van der Waals surface area contributed by atoms with E-state index in [0.29, 0.717) is 28.7 Å². The van der Waals surface area contributed by atoms with Gasteiger partial charge in [-0.3, -0.25) is 4.79 Å². The molecule has 0 N–H and O–H groups in total. The zero-order valence-corrected chi connectivity index (χ0v) is 16.2. The molecule has 0 saturated carbocycles. The summed E-state index contributed by atoms with van der Waals surface area (Å²) in [5.74, 6) is -1.16. The molecule has 8 heteroatoms. The van der Waals surface area contributed by atoms with Gasteiger partial charge in [-0.2, -0.15) is 0 Å². The first kappa shape index (κ1) is 19.4. The fourth-order valence-electron chi connectivity index (χ4n) is 2.97. The van der Waals surface area contributed by atoms with Crippen molar-refractivity contribution in [1.82, 2.24) is 9.88 Å². The average molecular weight is 392 g/mol. The maximum Gasteiger partial charge on any atom is 0.350 e. The number of morpholine rings is 1. The van der Waals surface area contributed by atoms with E-state index in [-0.39, 0.29) is 30.5 Å². The number of aromatic nitrogens is 1. The molecule has 0 spiro atoms. The molecule has 144 valence electrons. The van der Waals surface area contributed by atoms with Gasteiger partial charge in [0.05, 0.1) is 17.9 Å². The van der Waals surface area contributed by atoms with Gasteiger partial charge in [0.15, 0.2) is 6.61 Å². The van der Waals surface area contributed by atoms with Gasteiger partial charge in [-0.1, -0.05) is 0 Å². The monoisotopic (exact) mass is 392 g/mol. The molecule has 2 aromatic rings. The Kier molecular flexibility index (Phi) is 5.86. The molecule has 0 aliphatic carbocycles. The van der Waals surface area contributed by atoms with Crippen molar-refractivity contribution in [3.63, 3.8) is 0 Å². The van der Waals surface area contributed by atoms with Crippen molar-refractivity contribution in [2.45, 2.75) is 33.0 Å². The molecule has 0 bridgehead atoms. The third-order valence-electron chi connectivity index (χ3n) is 4.17. The second kappa shape index (κ2) is 8.14. The molecule has 3 rings (SSSR count). The van der Waals surface area contributed by atoms with E-state index in [1.54, 1.807) is 24.0 Å². The van der Waals surface area contributed by atoms with Crippen LogP contribution in [0.4, 0.5) is 4.39 Å². The molecular formula is C19H21FN2O4S. The number of carbonyl (C=O) groups is 2. The first-order valence-corrected chi connectivity index (χ1v) is 9.49. The molecule has 0 unspecified atom stereocenters. The van der Waals surface area contributed by atoms with E-state index in [2.05, 4.69) is 4.98 Å². The maximum absolute atomic E-state index is 13.1. The minimum atomic E-state index is -0.582. The van der Waals surface area contributed by atoms with E-state index in [1.165, 1.54) is 12.1 Å². The van der Waals surface area contributed by atoms with Crippen LogP contribution in [0.1, 0.15) is 29.2 Å². The topological polar surface area (TPSA) is 68.7 Å². The van der Waals surface area contributed by atoms with E-state index < -0.39 is 5.97 Å². The highest BCUT2D eigenvalue weighted by atomic mass is 32.1. The lowest BCUT2D eigenvalue weighted by atomic mass is 10.2. The number of thiazole rings is 1. The number of amides is 1. The Bertz CT molecular complexity index is 827. The van der Waals surface area contributed by atoms with Gasteiger partial charge in [0.25, 0.3) is 5.91 Å². The fraction of sp³-hybridized carbons (Fsp3) is 0.421. The third-order valence-corrected chi connectivity index (χ3v) is 5.36. The second-order valence-electron chi connectivity index (χ2n) is 6.57. The summed E-state index contributed by atoms with van der Waals surface area (Å²) in [6.45, 7) is 6.15. The molecule has 1 aromatic carbocycles. The highest BCUT2D eigenvalue weighted by Gasteiger charge is 2.27. The van der Waals surface area contributed by atoms with Crippen LogP contribution in [0.25, 0.3) is 10.6 Å². The van der Waals surface area contributed by atoms with Crippen LogP contribution in [-0.2, 0) is 14.3 Å². The Morgan fingerprint density at radius 2 is 1.89 bits per heavy atom. The second-order valence-corrected chi connectivity index (χ2v) is 7.57. The van der Waals surface area contributed by atoms with E-state index in [0.717, 1.165) is 16.9 Å². The summed E-state index contributed by atoms with van der Waals surface area (Å²) in [6.07, 6.45) is -0.0918. The number of nitrogens with zero attached hydrogens (tertiary/aromatic N) is 2. The summed E-state index contributed by atoms with van der Waals surface area (Å²) in [5.41, 5.74) is 1.24. The van der Waals surface area contributed by atoms with Crippen molar-refractivity contribution in [3.05, 3.63) is 40.7 Å². The number of hydrogen-bond donors (Lipinski definition) is 0. The van der Waals surface area contributed by atoms with E-state index >= 15 is 0 Å². The SMILES string of the molecule is Cc1nc(-c2ccc(F)cc2)sc1C(=O)OCC(=O)N1C[C@@H](C)O[C@H](C)C1. The Labute approximate surface area is 160 Å². The summed E-state index contributed by atoms with van der Waals surface area (Å²) in [5, 5.41) is 0.599. The van der Waals surface area contributed by atoms with Gasteiger partial charge in [0, 0.05) is 18.7 Å². The summed E-state index contributed by atoms with van der Waals surface area (Å²) >= 11 is 1.16. The minimum Gasteiger partial charge on any atom is -0.451 e. The lowest BCUT2D eigenvalue weighted by Gasteiger charge is -2.35. The van der Waals surface area contributed by atoms with Gasteiger partial charge in [-0.25, -0.2) is 14.2 Å². The summed E-state index contributed by atoms with van der Waals surface area (Å²) in [6, 6.07) is 5.89.